The van der Waals surface area contributed by atoms with Crippen molar-refractivity contribution in [2.75, 3.05) is 13.7 Å². The Hall–Kier alpha value is -2.58. The van der Waals surface area contributed by atoms with Crippen LogP contribution >= 0.6 is 15.9 Å². The highest BCUT2D eigenvalue weighted by molar-refractivity contribution is 9.10. The highest BCUT2D eigenvalue weighted by atomic mass is 79.9. The van der Waals surface area contributed by atoms with Crippen molar-refractivity contribution in [2.45, 2.75) is 0 Å². The first-order valence-electron chi connectivity index (χ1n) is 6.80. The molecule has 5 heteroatoms. The van der Waals surface area contributed by atoms with Crippen LogP contribution in [0.5, 0.6) is 11.5 Å². The number of allylic oxidation sites excluding steroid dienone is 1. The lowest BCUT2D eigenvalue weighted by atomic mass is 10.1. The zero-order valence-electron chi connectivity index (χ0n) is 12.5. The van der Waals surface area contributed by atoms with Crippen LogP contribution in [-0.2, 0) is 0 Å². The molecule has 0 N–H and O–H groups in total. The molecule has 2 aromatic carbocycles. The molecule has 2 aromatic rings. The molecule has 23 heavy (non-hydrogen) atoms. The first kappa shape index (κ1) is 16.8. The Kier molecular flexibility index (Phi) is 5.95. The molecule has 0 aliphatic heterocycles. The van der Waals surface area contributed by atoms with Crippen molar-refractivity contribution in [3.8, 4) is 17.6 Å². The van der Waals surface area contributed by atoms with E-state index >= 15 is 0 Å². The van der Waals surface area contributed by atoms with Crippen molar-refractivity contribution in [3.05, 3.63) is 64.1 Å². The smallest absolute Gasteiger partial charge is 0.185 e. The van der Waals surface area contributed by atoms with E-state index in [-0.39, 0.29) is 12.4 Å². The molecule has 2 rings (SSSR count). The van der Waals surface area contributed by atoms with E-state index in [1.165, 1.54) is 6.08 Å². The maximum absolute atomic E-state index is 12.2. The van der Waals surface area contributed by atoms with Gasteiger partial charge in [0.1, 0.15) is 17.6 Å². The summed E-state index contributed by atoms with van der Waals surface area (Å²) in [5.41, 5.74) is 1.35. The quantitative estimate of drug-likeness (QED) is 0.562. The maximum atomic E-state index is 12.2. The van der Waals surface area contributed by atoms with Crippen LogP contribution in [0.2, 0.25) is 0 Å². The van der Waals surface area contributed by atoms with Crippen molar-refractivity contribution < 1.29 is 14.3 Å². The van der Waals surface area contributed by atoms with Gasteiger partial charge in [0, 0.05) is 15.6 Å². The summed E-state index contributed by atoms with van der Waals surface area (Å²) in [5.74, 6) is 1.12. The summed E-state index contributed by atoms with van der Waals surface area (Å²) in [7, 11) is 1.59. The summed E-state index contributed by atoms with van der Waals surface area (Å²) in [4.78, 5) is 12.2. The Morgan fingerprint density at radius 2 is 2.00 bits per heavy atom. The minimum atomic E-state index is -0.126. The summed E-state index contributed by atoms with van der Waals surface area (Å²) in [5, 5.41) is 8.46. The molecular formula is C18H14BrNO3. The van der Waals surface area contributed by atoms with Gasteiger partial charge in [-0.2, -0.15) is 5.26 Å². The Labute approximate surface area is 143 Å². The predicted octanol–water partition coefficient (Wildman–Crippen LogP) is 4.26. The van der Waals surface area contributed by atoms with E-state index < -0.39 is 0 Å². The van der Waals surface area contributed by atoms with Gasteiger partial charge in [0.15, 0.2) is 12.4 Å². The van der Waals surface area contributed by atoms with Crippen molar-refractivity contribution in [1.29, 1.82) is 5.26 Å². The number of methoxy groups -OCH3 is 1. The van der Waals surface area contributed by atoms with Crippen LogP contribution in [0, 0.1) is 11.3 Å². The average molecular weight is 372 g/mol. The van der Waals surface area contributed by atoms with E-state index in [1.807, 2.05) is 24.3 Å². The fourth-order valence-electron chi connectivity index (χ4n) is 1.93. The standard InChI is InChI=1S/C18H14BrNO3/c1-22-18-9-5-15(19)12-14(18)4-8-17(21)13-2-6-16(7-3-13)23-11-10-20/h2-9,12H,11H2,1H3/b8-4+. The van der Waals surface area contributed by atoms with Gasteiger partial charge in [-0.05, 0) is 54.6 Å². The molecule has 0 aromatic heterocycles. The number of carbonyl (C=O) groups is 1. The molecule has 0 aliphatic carbocycles. The van der Waals surface area contributed by atoms with Crippen LogP contribution in [0.15, 0.2) is 53.0 Å². The third-order valence-corrected chi connectivity index (χ3v) is 3.54. The molecule has 0 amide bonds. The second-order valence-corrected chi connectivity index (χ2v) is 5.47. The fourth-order valence-corrected chi connectivity index (χ4v) is 2.31. The van der Waals surface area contributed by atoms with Gasteiger partial charge in [-0.1, -0.05) is 15.9 Å². The summed E-state index contributed by atoms with van der Waals surface area (Å²) in [6.45, 7) is -0.0180. The van der Waals surface area contributed by atoms with Crippen LogP contribution < -0.4 is 9.47 Å². The number of rotatable bonds is 6. The van der Waals surface area contributed by atoms with Crippen LogP contribution in [0.4, 0.5) is 0 Å². The highest BCUT2D eigenvalue weighted by Crippen LogP contribution is 2.24. The second-order valence-electron chi connectivity index (χ2n) is 4.56. The number of hydrogen-bond donors (Lipinski definition) is 0. The number of halogens is 1. The van der Waals surface area contributed by atoms with E-state index in [0.29, 0.717) is 17.1 Å². The van der Waals surface area contributed by atoms with E-state index in [2.05, 4.69) is 15.9 Å². The van der Waals surface area contributed by atoms with Crippen molar-refractivity contribution >= 4 is 27.8 Å². The average Bonchev–Trinajstić information content (AvgIpc) is 2.58. The molecule has 0 radical (unpaired) electrons. The van der Waals surface area contributed by atoms with Gasteiger partial charge < -0.3 is 9.47 Å². The summed E-state index contributed by atoms with van der Waals surface area (Å²) >= 11 is 3.39. The lowest BCUT2D eigenvalue weighted by Gasteiger charge is -2.05. The number of hydrogen-bond acceptors (Lipinski definition) is 4. The Morgan fingerprint density at radius 1 is 1.26 bits per heavy atom. The molecule has 0 atom stereocenters. The van der Waals surface area contributed by atoms with Crippen LogP contribution in [0.25, 0.3) is 6.08 Å². The Morgan fingerprint density at radius 3 is 2.65 bits per heavy atom. The number of carbonyl (C=O) groups excluding carboxylic acids is 1. The summed E-state index contributed by atoms with van der Waals surface area (Å²) in [6.07, 6.45) is 3.21. The van der Waals surface area contributed by atoms with Gasteiger partial charge in [0.05, 0.1) is 7.11 Å². The molecule has 0 aliphatic rings. The number of nitriles is 1. The van der Waals surface area contributed by atoms with Gasteiger partial charge in [-0.15, -0.1) is 0 Å². The lowest BCUT2D eigenvalue weighted by Crippen LogP contribution is -1.96. The van der Waals surface area contributed by atoms with Gasteiger partial charge in [-0.3, -0.25) is 4.79 Å². The topological polar surface area (TPSA) is 59.3 Å². The lowest BCUT2D eigenvalue weighted by molar-refractivity contribution is 0.104. The Balaban J connectivity index is 2.12. The maximum Gasteiger partial charge on any atom is 0.185 e. The molecule has 0 bridgehead atoms. The molecule has 4 nitrogen and oxygen atoms in total. The van der Waals surface area contributed by atoms with Gasteiger partial charge in [-0.25, -0.2) is 0 Å². The molecule has 0 saturated heterocycles. The normalized spacial score (nSPS) is 10.3. The van der Waals surface area contributed by atoms with Gasteiger partial charge in [0.2, 0.25) is 0 Å². The molecule has 0 heterocycles. The van der Waals surface area contributed by atoms with E-state index in [9.17, 15) is 4.79 Å². The highest BCUT2D eigenvalue weighted by Gasteiger charge is 2.04. The number of benzene rings is 2. The molecule has 116 valence electrons. The minimum absolute atomic E-state index is 0.0180. The largest absolute Gasteiger partial charge is 0.496 e. The molecule has 0 saturated carbocycles. The molecule has 0 spiro atoms. The van der Waals surface area contributed by atoms with Crippen molar-refractivity contribution in [3.63, 3.8) is 0 Å². The first-order valence-corrected chi connectivity index (χ1v) is 7.59. The predicted molar refractivity (Wildman–Crippen MR) is 91.6 cm³/mol. The minimum Gasteiger partial charge on any atom is -0.496 e. The SMILES string of the molecule is COc1ccc(Br)cc1/C=C/C(=O)c1ccc(OCC#N)cc1. The summed E-state index contributed by atoms with van der Waals surface area (Å²) in [6, 6.07) is 14.1. The van der Waals surface area contributed by atoms with Gasteiger partial charge in [0.25, 0.3) is 0 Å². The third kappa shape index (κ3) is 4.70. The Bertz CT molecular complexity index is 761. The number of nitrogens with zero attached hydrogens (tertiary/aromatic N) is 1. The first-order chi connectivity index (χ1) is 11.1. The van der Waals surface area contributed by atoms with Crippen LogP contribution in [-0.4, -0.2) is 19.5 Å². The zero-order valence-corrected chi connectivity index (χ0v) is 14.0. The van der Waals surface area contributed by atoms with Crippen LogP contribution in [0.3, 0.4) is 0 Å². The molecular weight excluding hydrogens is 358 g/mol. The summed E-state index contributed by atoms with van der Waals surface area (Å²) < 4.78 is 11.3. The van der Waals surface area contributed by atoms with E-state index in [4.69, 9.17) is 14.7 Å². The van der Waals surface area contributed by atoms with E-state index in [0.717, 1.165) is 10.0 Å². The van der Waals surface area contributed by atoms with Crippen molar-refractivity contribution in [2.24, 2.45) is 0 Å². The van der Waals surface area contributed by atoms with Crippen molar-refractivity contribution in [1.82, 2.24) is 0 Å². The third-order valence-electron chi connectivity index (χ3n) is 3.05. The fraction of sp³-hybridized carbons (Fsp3) is 0.111. The van der Waals surface area contributed by atoms with Crippen LogP contribution in [0.1, 0.15) is 15.9 Å². The van der Waals surface area contributed by atoms with Gasteiger partial charge >= 0.3 is 0 Å². The second kappa shape index (κ2) is 8.16. The molecule has 0 fully saturated rings. The number of ketones is 1. The zero-order chi connectivity index (χ0) is 16.7. The number of ether oxygens (including phenoxy) is 2. The monoisotopic (exact) mass is 371 g/mol. The molecule has 0 unspecified atom stereocenters. The van der Waals surface area contributed by atoms with E-state index in [1.54, 1.807) is 37.5 Å².